The van der Waals surface area contributed by atoms with Gasteiger partial charge in [-0.3, -0.25) is 4.79 Å². The number of oxime groups is 1. The summed E-state index contributed by atoms with van der Waals surface area (Å²) in [5.74, 6) is 1.53. The maximum absolute atomic E-state index is 11.5. The van der Waals surface area contributed by atoms with Gasteiger partial charge in [0.15, 0.2) is 6.61 Å². The first-order valence-corrected chi connectivity index (χ1v) is 13.7. The van der Waals surface area contributed by atoms with Crippen LogP contribution in [0, 0.1) is 0 Å². The molecule has 0 amide bonds. The number of unbranched alkanes of at least 4 members (excludes halogenated alkanes) is 3. The lowest BCUT2D eigenvalue weighted by atomic mass is 10.0. The number of carbonyl (C=O) groups excluding carboxylic acids is 1. The molecule has 0 aliphatic carbocycles. The van der Waals surface area contributed by atoms with Crippen LogP contribution in [0.3, 0.4) is 0 Å². The predicted octanol–water partition coefficient (Wildman–Crippen LogP) is 7.14. The Bertz CT molecular complexity index is 1320. The molecule has 0 fully saturated rings. The fraction of sp³-hybridized carbons (Fsp3) is 0.312. The average Bonchev–Trinajstić information content (AvgIpc) is 3.48. The van der Waals surface area contributed by atoms with Crippen molar-refractivity contribution in [2.45, 2.75) is 58.7 Å². The van der Waals surface area contributed by atoms with E-state index in [1.54, 1.807) is 0 Å². The van der Waals surface area contributed by atoms with Gasteiger partial charge in [-0.1, -0.05) is 83.8 Å². The van der Waals surface area contributed by atoms with Gasteiger partial charge >= 0.3 is 5.97 Å². The van der Waals surface area contributed by atoms with Crippen molar-refractivity contribution in [3.63, 3.8) is 0 Å². The number of carbonyl (C=O) groups is 1. The molecule has 40 heavy (non-hydrogen) atoms. The molecule has 4 rings (SSSR count). The van der Waals surface area contributed by atoms with Crippen molar-refractivity contribution in [1.29, 1.82) is 0 Å². The molecule has 8 heteroatoms. The minimum atomic E-state index is -0.119. The molecule has 0 saturated heterocycles. The van der Waals surface area contributed by atoms with Crippen LogP contribution in [0.2, 0.25) is 0 Å². The lowest BCUT2D eigenvalue weighted by Crippen LogP contribution is -2.04. The van der Waals surface area contributed by atoms with E-state index in [1.165, 1.54) is 0 Å². The van der Waals surface area contributed by atoms with Crippen molar-refractivity contribution in [1.82, 2.24) is 10.1 Å². The standard InChI is InChI=1S/C32H35N3O5/c1-2-37-31(36)18-12-4-3-11-17-29(26-13-7-5-8-14-26)34-39-23-25-19-21-28(22-20-25)38-24-30-33-32(40-35-30)27-15-9-6-10-16-27/h5-10,13-16,19-22H,2-4,11-12,17-18,23-24H2,1H3/b34-29-. The third-order valence-electron chi connectivity index (χ3n) is 6.14. The molecule has 0 unspecified atom stereocenters. The van der Waals surface area contributed by atoms with E-state index < -0.39 is 0 Å². The number of ether oxygens (including phenoxy) is 2. The van der Waals surface area contributed by atoms with Gasteiger partial charge in [0, 0.05) is 12.0 Å². The summed E-state index contributed by atoms with van der Waals surface area (Å²) in [6.45, 7) is 2.82. The third kappa shape index (κ3) is 9.38. The summed E-state index contributed by atoms with van der Waals surface area (Å²) in [6, 6.07) is 27.4. The van der Waals surface area contributed by atoms with Gasteiger partial charge < -0.3 is 18.8 Å². The molecule has 0 saturated carbocycles. The van der Waals surface area contributed by atoms with E-state index >= 15 is 0 Å². The molecule has 0 atom stereocenters. The molecule has 3 aromatic carbocycles. The molecule has 0 aliphatic rings. The predicted molar refractivity (Wildman–Crippen MR) is 153 cm³/mol. The second kappa shape index (κ2) is 15.8. The van der Waals surface area contributed by atoms with Gasteiger partial charge in [-0.2, -0.15) is 4.98 Å². The zero-order chi connectivity index (χ0) is 27.8. The van der Waals surface area contributed by atoms with E-state index in [1.807, 2.05) is 91.9 Å². The number of rotatable bonds is 16. The van der Waals surface area contributed by atoms with E-state index in [-0.39, 0.29) is 12.6 Å². The van der Waals surface area contributed by atoms with Crippen LogP contribution in [0.15, 0.2) is 94.6 Å². The summed E-state index contributed by atoms with van der Waals surface area (Å²) in [7, 11) is 0. The first kappa shape index (κ1) is 28.5. The number of benzene rings is 3. The molecule has 4 aromatic rings. The van der Waals surface area contributed by atoms with Crippen LogP contribution in [0.1, 0.15) is 62.4 Å². The van der Waals surface area contributed by atoms with Crippen LogP contribution >= 0.6 is 0 Å². The van der Waals surface area contributed by atoms with Gasteiger partial charge in [-0.25, -0.2) is 0 Å². The highest BCUT2D eigenvalue weighted by Crippen LogP contribution is 2.19. The van der Waals surface area contributed by atoms with Gasteiger partial charge in [0.2, 0.25) is 5.82 Å². The van der Waals surface area contributed by atoms with Crippen molar-refractivity contribution in [2.24, 2.45) is 5.16 Å². The second-order valence-electron chi connectivity index (χ2n) is 9.21. The first-order valence-electron chi connectivity index (χ1n) is 13.7. The number of aromatic nitrogens is 2. The summed E-state index contributed by atoms with van der Waals surface area (Å²) >= 11 is 0. The fourth-order valence-corrected chi connectivity index (χ4v) is 4.05. The molecular formula is C32H35N3O5. The largest absolute Gasteiger partial charge is 0.485 e. The molecule has 1 heterocycles. The van der Waals surface area contributed by atoms with Crippen molar-refractivity contribution >= 4 is 11.7 Å². The van der Waals surface area contributed by atoms with Crippen molar-refractivity contribution in [2.75, 3.05) is 6.61 Å². The SMILES string of the molecule is CCOC(=O)CCCCCC/C(=N/OCc1ccc(OCc2noc(-c3ccccc3)n2)cc1)c1ccccc1. The van der Waals surface area contributed by atoms with Crippen LogP contribution in [0.4, 0.5) is 0 Å². The second-order valence-corrected chi connectivity index (χ2v) is 9.21. The number of hydrogen-bond acceptors (Lipinski definition) is 8. The Morgan fingerprint density at radius 1 is 0.825 bits per heavy atom. The molecule has 0 radical (unpaired) electrons. The van der Waals surface area contributed by atoms with E-state index in [9.17, 15) is 4.79 Å². The van der Waals surface area contributed by atoms with Crippen LogP contribution < -0.4 is 4.74 Å². The lowest BCUT2D eigenvalue weighted by molar-refractivity contribution is -0.143. The normalized spacial score (nSPS) is 11.3. The Kier molecular flexibility index (Phi) is 11.3. The summed E-state index contributed by atoms with van der Waals surface area (Å²) < 4.78 is 16.1. The number of hydrogen-bond donors (Lipinski definition) is 0. The number of nitrogens with zero attached hydrogens (tertiary/aromatic N) is 3. The summed E-state index contributed by atoms with van der Waals surface area (Å²) in [5, 5.41) is 8.46. The highest BCUT2D eigenvalue weighted by atomic mass is 16.6. The average molecular weight is 542 g/mol. The third-order valence-corrected chi connectivity index (χ3v) is 6.14. The maximum atomic E-state index is 11.5. The molecule has 0 N–H and O–H groups in total. The highest BCUT2D eigenvalue weighted by Gasteiger charge is 2.09. The quantitative estimate of drug-likeness (QED) is 0.0644. The molecular weight excluding hydrogens is 506 g/mol. The fourth-order valence-electron chi connectivity index (χ4n) is 4.05. The minimum absolute atomic E-state index is 0.119. The Balaban J connectivity index is 1.23. The van der Waals surface area contributed by atoms with Crippen molar-refractivity contribution < 1.29 is 23.6 Å². The Morgan fingerprint density at radius 2 is 1.52 bits per heavy atom. The van der Waals surface area contributed by atoms with Crippen molar-refractivity contribution in [3.8, 4) is 17.2 Å². The highest BCUT2D eigenvalue weighted by molar-refractivity contribution is 6.00. The van der Waals surface area contributed by atoms with Crippen molar-refractivity contribution in [3.05, 3.63) is 102 Å². The van der Waals surface area contributed by atoms with Crippen LogP contribution in [0.25, 0.3) is 11.5 Å². The zero-order valence-corrected chi connectivity index (χ0v) is 22.8. The Labute approximate surface area is 235 Å². The minimum Gasteiger partial charge on any atom is -0.485 e. The topological polar surface area (TPSA) is 96.0 Å². The van der Waals surface area contributed by atoms with Crippen LogP contribution in [-0.4, -0.2) is 28.4 Å². The summed E-state index contributed by atoms with van der Waals surface area (Å²) in [4.78, 5) is 21.6. The number of esters is 1. The van der Waals surface area contributed by atoms with E-state index in [2.05, 4.69) is 15.3 Å². The first-order chi connectivity index (χ1) is 19.7. The van der Waals surface area contributed by atoms with Gasteiger partial charge in [-0.05, 0) is 61.6 Å². The molecule has 1 aromatic heterocycles. The molecule has 8 nitrogen and oxygen atoms in total. The van der Waals surface area contributed by atoms with Gasteiger partial charge in [-0.15, -0.1) is 0 Å². The van der Waals surface area contributed by atoms with Crippen LogP contribution in [0.5, 0.6) is 5.75 Å². The molecule has 208 valence electrons. The van der Waals surface area contributed by atoms with Crippen LogP contribution in [-0.2, 0) is 27.6 Å². The van der Waals surface area contributed by atoms with E-state index in [0.717, 1.165) is 54.5 Å². The summed E-state index contributed by atoms with van der Waals surface area (Å²) in [5.41, 5.74) is 3.82. The molecule has 0 bridgehead atoms. The smallest absolute Gasteiger partial charge is 0.305 e. The molecule has 0 aliphatic heterocycles. The maximum Gasteiger partial charge on any atom is 0.305 e. The monoisotopic (exact) mass is 541 g/mol. The van der Waals surface area contributed by atoms with Gasteiger partial charge in [0.25, 0.3) is 5.89 Å². The Hall–Kier alpha value is -4.46. The van der Waals surface area contributed by atoms with E-state index in [0.29, 0.717) is 37.1 Å². The van der Waals surface area contributed by atoms with Gasteiger partial charge in [0.1, 0.15) is 12.4 Å². The zero-order valence-electron chi connectivity index (χ0n) is 22.8. The molecule has 0 spiro atoms. The Morgan fingerprint density at radius 3 is 2.25 bits per heavy atom. The lowest BCUT2D eigenvalue weighted by Gasteiger charge is -2.08. The van der Waals surface area contributed by atoms with Gasteiger partial charge in [0.05, 0.1) is 12.3 Å². The summed E-state index contributed by atoms with van der Waals surface area (Å²) in [6.07, 6.45) is 5.10. The van der Waals surface area contributed by atoms with E-state index in [4.69, 9.17) is 18.8 Å².